The third-order valence-electron chi connectivity index (χ3n) is 4.30. The van der Waals surface area contributed by atoms with Gasteiger partial charge in [-0.25, -0.2) is 4.98 Å². The normalized spacial score (nSPS) is 11.6. The number of non-ortho nitro benzene ring substituents is 1. The molecule has 0 aliphatic heterocycles. The van der Waals surface area contributed by atoms with Crippen LogP contribution in [-0.2, 0) is 0 Å². The standard InChI is InChI=1S/C22H13ClN2O4/c23-18-6-2-1-5-16(18)21(26)17(13-14-9-11-15(12-10-14)25(27)28)22-24-19-7-3-4-8-20(19)29-22/h1-13H/b17-13+. The van der Waals surface area contributed by atoms with Gasteiger partial charge in [-0.15, -0.1) is 0 Å². The number of nitro groups is 1. The molecule has 4 rings (SSSR count). The van der Waals surface area contributed by atoms with Crippen LogP contribution in [0, 0.1) is 10.1 Å². The van der Waals surface area contributed by atoms with Crippen molar-refractivity contribution in [3.8, 4) is 0 Å². The fourth-order valence-electron chi connectivity index (χ4n) is 2.86. The Hall–Kier alpha value is -3.77. The molecule has 0 saturated heterocycles. The average molecular weight is 405 g/mol. The van der Waals surface area contributed by atoms with Crippen molar-refractivity contribution < 1.29 is 14.1 Å². The van der Waals surface area contributed by atoms with Crippen molar-refractivity contribution in [2.24, 2.45) is 0 Å². The zero-order valence-corrected chi connectivity index (χ0v) is 15.7. The van der Waals surface area contributed by atoms with Crippen molar-refractivity contribution in [2.75, 3.05) is 0 Å². The SMILES string of the molecule is O=C(/C(=C\c1ccc([N+](=O)[O-])cc1)c1nc2ccccc2o1)c1ccccc1Cl. The van der Waals surface area contributed by atoms with Crippen LogP contribution >= 0.6 is 11.6 Å². The summed E-state index contributed by atoms with van der Waals surface area (Å²) >= 11 is 6.21. The van der Waals surface area contributed by atoms with Crippen LogP contribution < -0.4 is 0 Å². The molecule has 0 fully saturated rings. The molecule has 0 radical (unpaired) electrons. The summed E-state index contributed by atoms with van der Waals surface area (Å²) in [7, 11) is 0. The highest BCUT2D eigenvalue weighted by Crippen LogP contribution is 2.29. The van der Waals surface area contributed by atoms with Gasteiger partial charge in [0.2, 0.25) is 5.89 Å². The molecule has 29 heavy (non-hydrogen) atoms. The van der Waals surface area contributed by atoms with E-state index in [1.165, 1.54) is 12.1 Å². The summed E-state index contributed by atoms with van der Waals surface area (Å²) in [5.41, 5.74) is 2.22. The van der Waals surface area contributed by atoms with E-state index in [-0.39, 0.29) is 22.9 Å². The number of allylic oxidation sites excluding steroid dienone is 1. The van der Waals surface area contributed by atoms with Crippen LogP contribution in [0.4, 0.5) is 5.69 Å². The van der Waals surface area contributed by atoms with E-state index in [0.717, 1.165) is 0 Å². The van der Waals surface area contributed by atoms with E-state index in [9.17, 15) is 14.9 Å². The maximum absolute atomic E-state index is 13.3. The summed E-state index contributed by atoms with van der Waals surface area (Å²) in [6, 6.07) is 19.7. The fraction of sp³-hybridized carbons (Fsp3) is 0. The minimum Gasteiger partial charge on any atom is -0.436 e. The number of aromatic nitrogens is 1. The van der Waals surface area contributed by atoms with Crippen LogP contribution in [0.25, 0.3) is 22.7 Å². The highest BCUT2D eigenvalue weighted by molar-refractivity contribution is 6.40. The number of fused-ring (bicyclic) bond motifs is 1. The second kappa shape index (κ2) is 7.69. The number of halogens is 1. The van der Waals surface area contributed by atoms with Gasteiger partial charge >= 0.3 is 0 Å². The summed E-state index contributed by atoms with van der Waals surface area (Å²) in [5, 5.41) is 11.2. The Bertz CT molecular complexity index is 1230. The molecular formula is C22H13ClN2O4. The molecule has 0 unspecified atom stereocenters. The molecule has 1 heterocycles. The molecule has 0 N–H and O–H groups in total. The number of nitro benzene ring substituents is 1. The van der Waals surface area contributed by atoms with Gasteiger partial charge in [-0.2, -0.15) is 0 Å². The Morgan fingerprint density at radius 3 is 2.38 bits per heavy atom. The molecule has 0 atom stereocenters. The first kappa shape index (κ1) is 18.6. The molecular weight excluding hydrogens is 392 g/mol. The average Bonchev–Trinajstić information content (AvgIpc) is 3.16. The Balaban J connectivity index is 1.85. The van der Waals surface area contributed by atoms with E-state index < -0.39 is 4.92 Å². The Kier molecular flexibility index (Phi) is 4.93. The highest BCUT2D eigenvalue weighted by Gasteiger charge is 2.22. The van der Waals surface area contributed by atoms with Crippen molar-refractivity contribution in [1.82, 2.24) is 4.98 Å². The van der Waals surface area contributed by atoms with Crippen molar-refractivity contribution in [1.29, 1.82) is 0 Å². The first-order valence-electron chi connectivity index (χ1n) is 8.64. The van der Waals surface area contributed by atoms with Crippen LogP contribution in [-0.4, -0.2) is 15.7 Å². The van der Waals surface area contributed by atoms with E-state index in [1.807, 2.05) is 12.1 Å². The third-order valence-corrected chi connectivity index (χ3v) is 4.63. The Morgan fingerprint density at radius 1 is 1.00 bits per heavy atom. The lowest BCUT2D eigenvalue weighted by atomic mass is 10.0. The summed E-state index contributed by atoms with van der Waals surface area (Å²) in [4.78, 5) is 28.1. The number of hydrogen-bond donors (Lipinski definition) is 0. The molecule has 4 aromatic rings. The second-order valence-electron chi connectivity index (χ2n) is 6.20. The maximum atomic E-state index is 13.3. The van der Waals surface area contributed by atoms with Crippen molar-refractivity contribution >= 4 is 45.8 Å². The lowest BCUT2D eigenvalue weighted by Gasteiger charge is -2.06. The molecule has 7 heteroatoms. The van der Waals surface area contributed by atoms with Gasteiger partial charge in [0.25, 0.3) is 5.69 Å². The van der Waals surface area contributed by atoms with Gasteiger partial charge in [0.15, 0.2) is 11.4 Å². The minimum absolute atomic E-state index is 0.0389. The van der Waals surface area contributed by atoms with E-state index in [0.29, 0.717) is 27.2 Å². The van der Waals surface area contributed by atoms with E-state index >= 15 is 0 Å². The largest absolute Gasteiger partial charge is 0.436 e. The quantitative estimate of drug-likeness (QED) is 0.181. The monoisotopic (exact) mass is 404 g/mol. The summed E-state index contributed by atoms with van der Waals surface area (Å²) in [6.45, 7) is 0. The number of carbonyl (C=O) groups excluding carboxylic acids is 1. The van der Waals surface area contributed by atoms with Gasteiger partial charge in [0, 0.05) is 17.7 Å². The van der Waals surface area contributed by atoms with Crippen LogP contribution in [0.3, 0.4) is 0 Å². The number of oxazole rings is 1. The number of hydrogen-bond acceptors (Lipinski definition) is 5. The number of para-hydroxylation sites is 2. The molecule has 0 aliphatic carbocycles. The smallest absolute Gasteiger partial charge is 0.269 e. The van der Waals surface area contributed by atoms with E-state index in [1.54, 1.807) is 54.6 Å². The van der Waals surface area contributed by atoms with Crippen molar-refractivity contribution in [3.63, 3.8) is 0 Å². The number of nitrogens with zero attached hydrogens (tertiary/aromatic N) is 2. The molecule has 0 amide bonds. The first-order chi connectivity index (χ1) is 14.0. The first-order valence-corrected chi connectivity index (χ1v) is 9.02. The number of Topliss-reactive ketones (excluding diaryl/α,β-unsaturated/α-hetero) is 1. The molecule has 0 bridgehead atoms. The zero-order valence-electron chi connectivity index (χ0n) is 14.9. The molecule has 0 spiro atoms. The van der Waals surface area contributed by atoms with E-state index in [2.05, 4.69) is 4.98 Å². The lowest BCUT2D eigenvalue weighted by molar-refractivity contribution is -0.384. The highest BCUT2D eigenvalue weighted by atomic mass is 35.5. The molecule has 1 aromatic heterocycles. The van der Waals surface area contributed by atoms with Crippen molar-refractivity contribution in [3.05, 3.63) is 105 Å². The number of ketones is 1. The van der Waals surface area contributed by atoms with Gasteiger partial charge in [-0.05, 0) is 48.0 Å². The second-order valence-corrected chi connectivity index (χ2v) is 6.61. The van der Waals surface area contributed by atoms with Gasteiger partial charge in [-0.3, -0.25) is 14.9 Å². The van der Waals surface area contributed by atoms with Gasteiger partial charge < -0.3 is 4.42 Å². The van der Waals surface area contributed by atoms with Gasteiger partial charge in [-0.1, -0.05) is 35.9 Å². The van der Waals surface area contributed by atoms with Gasteiger partial charge in [0.05, 0.1) is 15.5 Å². The number of rotatable bonds is 5. The van der Waals surface area contributed by atoms with E-state index in [4.69, 9.17) is 16.0 Å². The predicted octanol–water partition coefficient (Wildman–Crippen LogP) is 5.81. The summed E-state index contributed by atoms with van der Waals surface area (Å²) in [5.74, 6) is -0.213. The Labute approximate surface area is 170 Å². The maximum Gasteiger partial charge on any atom is 0.269 e. The fourth-order valence-corrected chi connectivity index (χ4v) is 3.08. The van der Waals surface area contributed by atoms with Gasteiger partial charge in [0.1, 0.15) is 5.52 Å². The van der Waals surface area contributed by atoms with Crippen molar-refractivity contribution in [2.45, 2.75) is 0 Å². The topological polar surface area (TPSA) is 86.2 Å². The van der Waals surface area contributed by atoms with Crippen LogP contribution in [0.1, 0.15) is 21.8 Å². The molecule has 0 aliphatic rings. The van der Waals surface area contributed by atoms with Crippen LogP contribution in [0.15, 0.2) is 77.2 Å². The molecule has 3 aromatic carbocycles. The Morgan fingerprint density at radius 2 is 1.69 bits per heavy atom. The van der Waals surface area contributed by atoms with Crippen LogP contribution in [0.2, 0.25) is 5.02 Å². The number of carbonyl (C=O) groups is 1. The van der Waals surface area contributed by atoms with Crippen LogP contribution in [0.5, 0.6) is 0 Å². The summed E-state index contributed by atoms with van der Waals surface area (Å²) in [6.07, 6.45) is 1.58. The minimum atomic E-state index is -0.482. The third kappa shape index (κ3) is 3.79. The number of benzene rings is 3. The molecule has 142 valence electrons. The predicted molar refractivity (Wildman–Crippen MR) is 111 cm³/mol. The zero-order chi connectivity index (χ0) is 20.4. The lowest BCUT2D eigenvalue weighted by Crippen LogP contribution is -2.04. The molecule has 6 nitrogen and oxygen atoms in total. The summed E-state index contributed by atoms with van der Waals surface area (Å²) < 4.78 is 5.80. The molecule has 0 saturated carbocycles.